The first kappa shape index (κ1) is 20.4. The van der Waals surface area contributed by atoms with Crippen LogP contribution in [0.5, 0.6) is 0 Å². The summed E-state index contributed by atoms with van der Waals surface area (Å²) >= 11 is 1.36. The predicted molar refractivity (Wildman–Crippen MR) is 115 cm³/mol. The second kappa shape index (κ2) is 8.84. The van der Waals surface area contributed by atoms with Crippen molar-refractivity contribution in [2.75, 3.05) is 11.1 Å². The Morgan fingerprint density at radius 1 is 1.06 bits per heavy atom. The van der Waals surface area contributed by atoms with Gasteiger partial charge in [-0.25, -0.2) is 14.2 Å². The van der Waals surface area contributed by atoms with Crippen molar-refractivity contribution in [3.05, 3.63) is 76.8 Å². The minimum absolute atomic E-state index is 0.0408. The number of anilines is 3. The van der Waals surface area contributed by atoms with Gasteiger partial charge in [-0.3, -0.25) is 0 Å². The van der Waals surface area contributed by atoms with Crippen LogP contribution in [0.25, 0.3) is 10.6 Å². The number of hydrogen-bond acceptors (Lipinski definition) is 9. The fraction of sp³-hybridized carbons (Fsp3) is 0.0952. The van der Waals surface area contributed by atoms with Gasteiger partial charge in [-0.1, -0.05) is 29.8 Å². The molecule has 2 aromatic carbocycles. The Labute approximate surface area is 181 Å². The number of thiazole rings is 1. The van der Waals surface area contributed by atoms with Crippen LogP contribution in [-0.4, -0.2) is 25.9 Å². The van der Waals surface area contributed by atoms with Gasteiger partial charge in [0.05, 0.1) is 0 Å². The van der Waals surface area contributed by atoms with Gasteiger partial charge in [-0.2, -0.15) is 15.0 Å². The quantitative estimate of drug-likeness (QED) is 0.434. The second-order valence-corrected chi connectivity index (χ2v) is 7.40. The van der Waals surface area contributed by atoms with Gasteiger partial charge >= 0.3 is 5.97 Å². The van der Waals surface area contributed by atoms with Crippen LogP contribution in [0.4, 0.5) is 22.0 Å². The molecule has 4 rings (SSSR count). The Morgan fingerprint density at radius 3 is 2.55 bits per heavy atom. The van der Waals surface area contributed by atoms with Crippen LogP contribution in [0.15, 0.2) is 53.9 Å². The second-order valence-electron chi connectivity index (χ2n) is 6.55. The van der Waals surface area contributed by atoms with Crippen LogP contribution >= 0.6 is 11.3 Å². The minimum atomic E-state index is -0.596. The van der Waals surface area contributed by atoms with Gasteiger partial charge in [0.25, 0.3) is 0 Å². The highest BCUT2D eigenvalue weighted by molar-refractivity contribution is 7.13. The fourth-order valence-corrected chi connectivity index (χ4v) is 3.42. The van der Waals surface area contributed by atoms with Crippen molar-refractivity contribution in [3.8, 4) is 10.6 Å². The van der Waals surface area contributed by atoms with Crippen molar-refractivity contribution in [1.29, 1.82) is 0 Å². The lowest BCUT2D eigenvalue weighted by atomic mass is 10.2. The van der Waals surface area contributed by atoms with E-state index in [-0.39, 0.29) is 35.8 Å². The summed E-state index contributed by atoms with van der Waals surface area (Å²) in [4.78, 5) is 28.9. The van der Waals surface area contributed by atoms with E-state index in [1.54, 1.807) is 5.38 Å². The molecule has 0 saturated carbocycles. The molecule has 31 heavy (non-hydrogen) atoms. The molecule has 0 saturated heterocycles. The van der Waals surface area contributed by atoms with Crippen molar-refractivity contribution >= 4 is 34.9 Å². The number of aryl methyl sites for hydroxylation is 1. The summed E-state index contributed by atoms with van der Waals surface area (Å²) in [6, 6.07) is 13.5. The highest BCUT2D eigenvalue weighted by atomic mass is 32.1. The molecular weight excluding hydrogens is 419 g/mol. The average Bonchev–Trinajstić information content (AvgIpc) is 3.24. The number of nitrogens with zero attached hydrogens (tertiary/aromatic N) is 4. The maximum Gasteiger partial charge on any atom is 0.358 e. The fourth-order valence-electron chi connectivity index (χ4n) is 2.62. The van der Waals surface area contributed by atoms with Gasteiger partial charge in [0.1, 0.15) is 10.8 Å². The number of esters is 1. The normalized spacial score (nSPS) is 10.6. The molecular formula is C21H17FN6O2S. The number of nitrogen functional groups attached to an aromatic ring is 1. The van der Waals surface area contributed by atoms with Crippen molar-refractivity contribution < 1.29 is 13.9 Å². The van der Waals surface area contributed by atoms with Crippen molar-refractivity contribution in [1.82, 2.24) is 19.9 Å². The first-order chi connectivity index (χ1) is 15.0. The number of nitrogens with two attached hydrogens (primary N) is 1. The summed E-state index contributed by atoms with van der Waals surface area (Å²) in [6.07, 6.45) is 0. The highest BCUT2D eigenvalue weighted by Gasteiger charge is 2.15. The van der Waals surface area contributed by atoms with Crippen LogP contribution in [0, 0.1) is 12.7 Å². The van der Waals surface area contributed by atoms with Gasteiger partial charge in [-0.15, -0.1) is 11.3 Å². The Balaban J connectivity index is 1.42. The zero-order valence-corrected chi connectivity index (χ0v) is 17.2. The minimum Gasteiger partial charge on any atom is -0.453 e. The van der Waals surface area contributed by atoms with Crippen LogP contribution in [-0.2, 0) is 11.3 Å². The Hall–Kier alpha value is -3.92. The molecule has 0 aliphatic heterocycles. The third kappa shape index (κ3) is 5.17. The number of halogens is 1. The molecule has 2 aromatic heterocycles. The van der Waals surface area contributed by atoms with Crippen molar-refractivity contribution in [2.45, 2.75) is 13.5 Å². The molecule has 0 bridgehead atoms. The molecule has 156 valence electrons. The topological polar surface area (TPSA) is 116 Å². The number of nitrogens with one attached hydrogen (secondary N) is 1. The van der Waals surface area contributed by atoms with Crippen LogP contribution < -0.4 is 11.1 Å². The van der Waals surface area contributed by atoms with E-state index in [4.69, 9.17) is 10.5 Å². The molecule has 0 aliphatic carbocycles. The van der Waals surface area contributed by atoms with E-state index in [9.17, 15) is 9.18 Å². The van der Waals surface area contributed by atoms with Crippen molar-refractivity contribution in [3.63, 3.8) is 0 Å². The molecule has 8 nitrogen and oxygen atoms in total. The number of ether oxygens (including phenoxy) is 1. The molecule has 0 unspecified atom stereocenters. The Bertz CT molecular complexity index is 1210. The van der Waals surface area contributed by atoms with E-state index in [0.29, 0.717) is 5.69 Å². The maximum absolute atomic E-state index is 13.0. The highest BCUT2D eigenvalue weighted by Crippen LogP contribution is 2.24. The van der Waals surface area contributed by atoms with E-state index in [1.165, 1.54) is 35.6 Å². The summed E-state index contributed by atoms with van der Waals surface area (Å²) in [7, 11) is 0. The number of carbonyl (C=O) groups excluding carboxylic acids is 1. The molecule has 0 fully saturated rings. The molecule has 0 radical (unpaired) electrons. The van der Waals surface area contributed by atoms with Gasteiger partial charge < -0.3 is 15.8 Å². The predicted octanol–water partition coefficient (Wildman–Crippen LogP) is 4.13. The lowest BCUT2D eigenvalue weighted by Crippen LogP contribution is -2.11. The molecule has 0 spiro atoms. The number of rotatable bonds is 6. The monoisotopic (exact) mass is 436 g/mol. The van der Waals surface area contributed by atoms with Gasteiger partial charge in [0, 0.05) is 16.6 Å². The van der Waals surface area contributed by atoms with E-state index in [0.717, 1.165) is 16.1 Å². The first-order valence-electron chi connectivity index (χ1n) is 9.19. The summed E-state index contributed by atoms with van der Waals surface area (Å²) in [5.41, 5.74) is 8.56. The molecule has 10 heteroatoms. The van der Waals surface area contributed by atoms with Crippen LogP contribution in [0.2, 0.25) is 0 Å². The first-order valence-corrected chi connectivity index (χ1v) is 10.1. The lowest BCUT2D eigenvalue weighted by Gasteiger charge is -2.07. The summed E-state index contributed by atoms with van der Waals surface area (Å²) in [5, 5.41) is 5.26. The molecule has 0 aliphatic rings. The van der Waals surface area contributed by atoms with Crippen LogP contribution in [0.1, 0.15) is 21.9 Å². The maximum atomic E-state index is 13.0. The van der Waals surface area contributed by atoms with E-state index < -0.39 is 5.97 Å². The number of hydrogen-bond donors (Lipinski definition) is 2. The van der Waals surface area contributed by atoms with Gasteiger partial charge in [-0.05, 0) is 31.2 Å². The third-order valence-electron chi connectivity index (χ3n) is 4.14. The Kier molecular flexibility index (Phi) is 5.80. The molecule has 0 atom stereocenters. The largest absolute Gasteiger partial charge is 0.453 e. The average molecular weight is 436 g/mol. The number of benzene rings is 2. The summed E-state index contributed by atoms with van der Waals surface area (Å²) in [6.45, 7) is 1.80. The third-order valence-corrected chi connectivity index (χ3v) is 5.03. The number of aromatic nitrogens is 4. The Morgan fingerprint density at radius 2 is 1.81 bits per heavy atom. The zero-order chi connectivity index (χ0) is 21.8. The standard InChI is InChI=1S/C21H17FN6O2S/c1-12-2-4-13(5-3-12)18-25-16(11-31-18)19(29)30-10-17-26-20(23)28-21(27-17)24-15-8-6-14(22)7-9-15/h2-9,11H,10H2,1H3,(H3,23,24,26,27,28). The van der Waals surface area contributed by atoms with E-state index in [1.807, 2.05) is 31.2 Å². The van der Waals surface area contributed by atoms with Crippen molar-refractivity contribution in [2.24, 2.45) is 0 Å². The molecule has 4 aromatic rings. The molecule has 0 amide bonds. The zero-order valence-electron chi connectivity index (χ0n) is 16.4. The number of carbonyl (C=O) groups is 1. The van der Waals surface area contributed by atoms with Gasteiger partial charge in [0.2, 0.25) is 11.9 Å². The lowest BCUT2D eigenvalue weighted by molar-refractivity contribution is 0.0456. The summed E-state index contributed by atoms with van der Waals surface area (Å²) < 4.78 is 18.3. The smallest absolute Gasteiger partial charge is 0.358 e. The molecule has 3 N–H and O–H groups in total. The van der Waals surface area contributed by atoms with Crippen LogP contribution in [0.3, 0.4) is 0 Å². The van der Waals surface area contributed by atoms with E-state index in [2.05, 4.69) is 25.3 Å². The summed E-state index contributed by atoms with van der Waals surface area (Å²) in [5.74, 6) is -0.677. The van der Waals surface area contributed by atoms with Gasteiger partial charge in [0.15, 0.2) is 18.1 Å². The van der Waals surface area contributed by atoms with E-state index >= 15 is 0 Å². The SMILES string of the molecule is Cc1ccc(-c2nc(C(=O)OCc3nc(N)nc(Nc4ccc(F)cc4)n3)cs2)cc1. The molecule has 2 heterocycles.